The Kier molecular flexibility index (Phi) is 12.6. The van der Waals surface area contributed by atoms with E-state index >= 15 is 0 Å². The normalized spacial score (nSPS) is 11.7. The number of nitriles is 1. The minimum absolute atomic E-state index is 0.0111. The first-order valence-corrected chi connectivity index (χ1v) is 16.8. The predicted octanol–water partition coefficient (Wildman–Crippen LogP) is 6.79. The van der Waals surface area contributed by atoms with Crippen LogP contribution >= 0.6 is 11.6 Å². The van der Waals surface area contributed by atoms with Gasteiger partial charge in [-0.1, -0.05) is 72.3 Å². The number of hydrogen-bond donors (Lipinski definition) is 3. The van der Waals surface area contributed by atoms with E-state index in [0.717, 1.165) is 50.1 Å². The first-order chi connectivity index (χ1) is 24.2. The van der Waals surface area contributed by atoms with E-state index in [2.05, 4.69) is 71.6 Å². The van der Waals surface area contributed by atoms with Crippen LogP contribution in [0.3, 0.4) is 0 Å². The van der Waals surface area contributed by atoms with Crippen LogP contribution in [-0.2, 0) is 19.8 Å². The Hall–Kier alpha value is -4.82. The fraction of sp³-hybridized carbons (Fsp3) is 0.275. The molecule has 0 aliphatic heterocycles. The van der Waals surface area contributed by atoms with Crippen LogP contribution in [0.15, 0.2) is 85.2 Å². The van der Waals surface area contributed by atoms with Gasteiger partial charge in [0, 0.05) is 43.2 Å². The second kappa shape index (κ2) is 17.2. The van der Waals surface area contributed by atoms with Crippen molar-refractivity contribution in [1.29, 1.82) is 5.26 Å². The molecule has 0 bridgehead atoms. The molecule has 3 aromatic carbocycles. The molecule has 0 aliphatic carbocycles. The van der Waals surface area contributed by atoms with Crippen molar-refractivity contribution in [1.82, 2.24) is 20.2 Å². The highest BCUT2D eigenvalue weighted by Crippen LogP contribution is 2.36. The Bertz CT molecular complexity index is 1960. The van der Waals surface area contributed by atoms with Gasteiger partial charge in [-0.2, -0.15) is 10.2 Å². The molecule has 5 rings (SSSR count). The Balaban J connectivity index is 1.37. The van der Waals surface area contributed by atoms with Crippen molar-refractivity contribution in [3.05, 3.63) is 129 Å². The quantitative estimate of drug-likeness (QED) is 0.102. The zero-order valence-electron chi connectivity index (χ0n) is 28.8. The molecule has 0 saturated heterocycles. The smallest absolute Gasteiger partial charge is 0.236 e. The molecule has 50 heavy (non-hydrogen) atoms. The third-order valence-electron chi connectivity index (χ3n) is 8.47. The van der Waals surface area contributed by atoms with Gasteiger partial charge in [0.2, 0.25) is 11.8 Å². The fourth-order valence-electron chi connectivity index (χ4n) is 5.78. The Morgan fingerprint density at radius 1 is 0.880 bits per heavy atom. The van der Waals surface area contributed by atoms with Gasteiger partial charge in [-0.05, 0) is 84.6 Å². The fourth-order valence-corrected chi connectivity index (χ4v) is 6.01. The van der Waals surface area contributed by atoms with Gasteiger partial charge in [0.1, 0.15) is 24.3 Å². The van der Waals surface area contributed by atoms with Crippen LogP contribution in [0.25, 0.3) is 22.3 Å². The number of nitrogens with zero attached hydrogens (tertiary/aromatic N) is 4. The molecule has 3 N–H and O–H groups in total. The zero-order chi connectivity index (χ0) is 35.6. The standard InChI is InChI=1S/C40H42ClN5O4/c1-26-32(7-5-9-35(26)36-10-6-8-34(27(36)2)30-11-13-31(14-12-30)38(48)23-46(3)4)25-50-40-37(41)18-33(22-43-15-16-47)39(45-40)49-24-29-17-28(19-42)20-44-21-29/h5-14,17-18,20-21,38,43,47-48H,15-16,22-25H2,1-4H3. The van der Waals surface area contributed by atoms with Crippen LogP contribution in [0.1, 0.15) is 45.0 Å². The highest BCUT2D eigenvalue weighted by Gasteiger charge is 2.17. The van der Waals surface area contributed by atoms with Gasteiger partial charge in [-0.25, -0.2) is 0 Å². The summed E-state index contributed by atoms with van der Waals surface area (Å²) < 4.78 is 12.3. The lowest BCUT2D eigenvalue weighted by atomic mass is 9.89. The van der Waals surface area contributed by atoms with Crippen LogP contribution in [0.5, 0.6) is 11.8 Å². The second-order valence-electron chi connectivity index (χ2n) is 12.4. The summed E-state index contributed by atoms with van der Waals surface area (Å²) in [5, 5.41) is 32.5. The molecule has 0 amide bonds. The maximum Gasteiger partial charge on any atom is 0.236 e. The molecule has 0 saturated carbocycles. The molecule has 5 aromatic rings. The molecule has 1 unspecified atom stereocenters. The summed E-state index contributed by atoms with van der Waals surface area (Å²) in [5.74, 6) is 0.564. The van der Waals surface area contributed by atoms with Crippen LogP contribution in [0.2, 0.25) is 5.02 Å². The third-order valence-corrected chi connectivity index (χ3v) is 8.74. The monoisotopic (exact) mass is 691 g/mol. The number of aromatic nitrogens is 2. The van der Waals surface area contributed by atoms with Crippen molar-refractivity contribution in [2.75, 3.05) is 33.8 Å². The molecule has 258 valence electrons. The van der Waals surface area contributed by atoms with Crippen molar-refractivity contribution in [3.63, 3.8) is 0 Å². The van der Waals surface area contributed by atoms with Crippen molar-refractivity contribution in [3.8, 4) is 40.1 Å². The van der Waals surface area contributed by atoms with Gasteiger partial charge in [0.05, 0.1) is 18.3 Å². The summed E-state index contributed by atoms with van der Waals surface area (Å²) in [6.45, 7) is 5.93. The number of aliphatic hydroxyl groups excluding tert-OH is 2. The lowest BCUT2D eigenvalue weighted by molar-refractivity contribution is 0.138. The number of halogens is 1. The number of benzene rings is 3. The van der Waals surface area contributed by atoms with Crippen LogP contribution in [0, 0.1) is 25.2 Å². The van der Waals surface area contributed by atoms with E-state index in [1.54, 1.807) is 18.3 Å². The molecule has 2 heterocycles. The van der Waals surface area contributed by atoms with E-state index in [1.807, 2.05) is 43.3 Å². The van der Waals surface area contributed by atoms with E-state index in [4.69, 9.17) is 21.1 Å². The molecule has 0 aliphatic rings. The SMILES string of the molecule is Cc1c(COc2nc(OCc3cncc(C#N)c3)c(CNCCO)cc2Cl)cccc1-c1cccc(-c2ccc(C(O)CN(C)C)cc2)c1C. The predicted molar refractivity (Wildman–Crippen MR) is 196 cm³/mol. The topological polar surface area (TPSA) is 124 Å². The van der Waals surface area contributed by atoms with E-state index in [1.165, 1.54) is 6.20 Å². The minimum atomic E-state index is -0.541. The van der Waals surface area contributed by atoms with E-state index in [0.29, 0.717) is 41.7 Å². The Labute approximate surface area is 298 Å². The van der Waals surface area contributed by atoms with Gasteiger partial charge >= 0.3 is 0 Å². The number of ether oxygens (including phenoxy) is 2. The average molecular weight is 692 g/mol. The highest BCUT2D eigenvalue weighted by atomic mass is 35.5. The van der Waals surface area contributed by atoms with Crippen molar-refractivity contribution in [2.45, 2.75) is 39.7 Å². The van der Waals surface area contributed by atoms with E-state index < -0.39 is 6.10 Å². The van der Waals surface area contributed by atoms with E-state index in [9.17, 15) is 15.5 Å². The summed E-state index contributed by atoms with van der Waals surface area (Å²) in [5.41, 5.74) is 10.4. The van der Waals surface area contributed by atoms with Crippen LogP contribution in [0.4, 0.5) is 0 Å². The number of pyridine rings is 2. The highest BCUT2D eigenvalue weighted by molar-refractivity contribution is 6.31. The molecule has 10 heteroatoms. The summed E-state index contributed by atoms with van der Waals surface area (Å²) >= 11 is 6.67. The Morgan fingerprint density at radius 2 is 1.58 bits per heavy atom. The molecule has 0 spiro atoms. The number of likely N-dealkylation sites (N-methyl/N-ethyl adjacent to an activating group) is 1. The van der Waals surface area contributed by atoms with Gasteiger partial charge in [-0.3, -0.25) is 4.98 Å². The summed E-state index contributed by atoms with van der Waals surface area (Å²) in [4.78, 5) is 10.7. The number of aliphatic hydroxyl groups is 2. The molecule has 0 radical (unpaired) electrons. The minimum Gasteiger partial charge on any atom is -0.472 e. The largest absolute Gasteiger partial charge is 0.472 e. The molecular weight excluding hydrogens is 650 g/mol. The molecule has 9 nitrogen and oxygen atoms in total. The van der Waals surface area contributed by atoms with Crippen molar-refractivity contribution >= 4 is 11.6 Å². The summed E-state index contributed by atoms with van der Waals surface area (Å²) in [6, 6.07) is 26.2. The number of hydrogen-bond acceptors (Lipinski definition) is 9. The maximum absolute atomic E-state index is 10.5. The third kappa shape index (κ3) is 9.04. The Morgan fingerprint density at radius 3 is 2.30 bits per heavy atom. The molecule has 1 atom stereocenters. The van der Waals surface area contributed by atoms with Gasteiger partial charge < -0.3 is 29.9 Å². The zero-order valence-corrected chi connectivity index (χ0v) is 29.5. The lowest BCUT2D eigenvalue weighted by Gasteiger charge is -2.18. The summed E-state index contributed by atoms with van der Waals surface area (Å²) in [6.07, 6.45) is 2.59. The van der Waals surface area contributed by atoms with Crippen molar-refractivity contribution in [2.24, 2.45) is 0 Å². The lowest BCUT2D eigenvalue weighted by Crippen LogP contribution is -2.19. The molecule has 2 aromatic heterocycles. The van der Waals surface area contributed by atoms with Gasteiger partial charge in [0.25, 0.3) is 0 Å². The number of rotatable bonds is 15. The van der Waals surface area contributed by atoms with Crippen molar-refractivity contribution < 1.29 is 19.7 Å². The molecule has 0 fully saturated rings. The maximum atomic E-state index is 10.5. The van der Waals surface area contributed by atoms with Gasteiger partial charge in [0.15, 0.2) is 0 Å². The first kappa shape index (κ1) is 36.5. The first-order valence-electron chi connectivity index (χ1n) is 16.4. The van der Waals surface area contributed by atoms with Gasteiger partial charge in [-0.15, -0.1) is 0 Å². The van der Waals surface area contributed by atoms with Crippen LogP contribution in [-0.4, -0.2) is 58.9 Å². The van der Waals surface area contributed by atoms with E-state index in [-0.39, 0.29) is 25.7 Å². The van der Waals surface area contributed by atoms with Crippen LogP contribution < -0.4 is 14.8 Å². The average Bonchev–Trinajstić information content (AvgIpc) is 3.11. The number of nitrogens with one attached hydrogen (secondary N) is 1. The second-order valence-corrected chi connectivity index (χ2v) is 12.8. The summed E-state index contributed by atoms with van der Waals surface area (Å²) in [7, 11) is 3.90. The molecular formula is C40H42ClN5O4.